The Bertz CT molecular complexity index is 1280. The molecule has 4 aromatic rings. The highest BCUT2D eigenvalue weighted by Crippen LogP contribution is 2.20. The normalized spacial score (nSPS) is 11.3. The van der Waals surface area contributed by atoms with Crippen LogP contribution in [-0.4, -0.2) is 44.7 Å². The maximum atomic E-state index is 12.7. The summed E-state index contributed by atoms with van der Waals surface area (Å²) in [5, 5.41) is 17.2. The Balaban J connectivity index is 1.45. The summed E-state index contributed by atoms with van der Waals surface area (Å²) in [7, 11) is 0. The van der Waals surface area contributed by atoms with Crippen LogP contribution in [-0.2, 0) is 0 Å². The number of rotatable bonds is 5. The third-order valence-electron chi connectivity index (χ3n) is 4.46. The van der Waals surface area contributed by atoms with Crippen LogP contribution in [0.2, 0.25) is 0 Å². The molecule has 0 aliphatic rings. The van der Waals surface area contributed by atoms with Crippen LogP contribution in [0.1, 0.15) is 21.0 Å². The van der Waals surface area contributed by atoms with Crippen molar-refractivity contribution >= 4 is 28.3 Å². The number of anilines is 1. The molecule has 0 fully saturated rings. The highest BCUT2D eigenvalue weighted by molar-refractivity contribution is 6.12. The zero-order chi connectivity index (χ0) is 22.7. The number of aromatic nitrogens is 4. The third-order valence-corrected chi connectivity index (χ3v) is 4.46. The molecular formula is C21H15F3N6O2. The van der Waals surface area contributed by atoms with Crippen LogP contribution in [0, 0.1) is 0 Å². The van der Waals surface area contributed by atoms with E-state index in [9.17, 15) is 22.8 Å². The van der Waals surface area contributed by atoms with Crippen LogP contribution in [0.3, 0.4) is 0 Å². The fourth-order valence-electron chi connectivity index (χ4n) is 2.97. The first-order chi connectivity index (χ1) is 15.3. The number of halogens is 3. The molecule has 32 heavy (non-hydrogen) atoms. The molecule has 1 aromatic heterocycles. The third kappa shape index (κ3) is 4.72. The van der Waals surface area contributed by atoms with E-state index in [0.29, 0.717) is 16.9 Å². The minimum Gasteiger partial charge on any atom is -0.340 e. The molecule has 4 rings (SSSR count). The zero-order valence-corrected chi connectivity index (χ0v) is 16.3. The molecule has 0 atom stereocenters. The molecule has 0 saturated heterocycles. The minimum absolute atomic E-state index is 0.281. The average Bonchev–Trinajstić information content (AvgIpc) is 3.27. The molecule has 0 radical (unpaired) electrons. The molecule has 0 aliphatic carbocycles. The highest BCUT2D eigenvalue weighted by atomic mass is 19.4. The maximum Gasteiger partial charge on any atom is 0.405 e. The van der Waals surface area contributed by atoms with Gasteiger partial charge in [0, 0.05) is 11.3 Å². The van der Waals surface area contributed by atoms with E-state index < -0.39 is 24.5 Å². The van der Waals surface area contributed by atoms with Crippen molar-refractivity contribution in [3.05, 3.63) is 78.1 Å². The lowest BCUT2D eigenvalue weighted by Crippen LogP contribution is -2.34. The first kappa shape index (κ1) is 21.0. The van der Waals surface area contributed by atoms with Crippen LogP contribution in [0.15, 0.2) is 66.7 Å². The number of hydrogen-bond acceptors (Lipinski definition) is 5. The van der Waals surface area contributed by atoms with Crippen molar-refractivity contribution in [1.82, 2.24) is 25.5 Å². The molecular weight excluding hydrogens is 425 g/mol. The Kier molecular flexibility index (Phi) is 5.54. The van der Waals surface area contributed by atoms with E-state index in [2.05, 4.69) is 20.7 Å². The summed E-state index contributed by atoms with van der Waals surface area (Å²) in [6.07, 6.45) is -4.54. The lowest BCUT2D eigenvalue weighted by Gasteiger charge is -2.08. The minimum atomic E-state index is -4.54. The number of carbonyl (C=O) groups is 2. The number of benzene rings is 3. The van der Waals surface area contributed by atoms with Gasteiger partial charge in [0.1, 0.15) is 6.54 Å². The molecule has 0 bridgehead atoms. The van der Waals surface area contributed by atoms with Gasteiger partial charge in [-0.05, 0) is 46.3 Å². The summed E-state index contributed by atoms with van der Waals surface area (Å²) in [5.41, 5.74) is 1.44. The highest BCUT2D eigenvalue weighted by Gasteiger charge is 2.28. The van der Waals surface area contributed by atoms with Gasteiger partial charge in [0.15, 0.2) is 0 Å². The lowest BCUT2D eigenvalue weighted by atomic mass is 10.0. The van der Waals surface area contributed by atoms with Gasteiger partial charge in [-0.15, -0.1) is 15.0 Å². The van der Waals surface area contributed by atoms with Gasteiger partial charge in [-0.25, -0.2) is 0 Å². The SMILES string of the molecule is O=C(NCC(F)(F)F)c1nnn(-c2ccc(NC(=O)c3cccc4ccccc34)cc2)n1. The molecule has 2 amide bonds. The molecule has 3 aromatic carbocycles. The molecule has 0 spiro atoms. The molecule has 2 N–H and O–H groups in total. The second-order valence-corrected chi connectivity index (χ2v) is 6.73. The van der Waals surface area contributed by atoms with Gasteiger partial charge in [-0.2, -0.15) is 13.2 Å². The van der Waals surface area contributed by atoms with E-state index in [0.717, 1.165) is 15.6 Å². The van der Waals surface area contributed by atoms with Gasteiger partial charge in [0.05, 0.1) is 5.69 Å². The van der Waals surface area contributed by atoms with Crippen LogP contribution in [0.25, 0.3) is 16.5 Å². The Morgan fingerprint density at radius 1 is 0.906 bits per heavy atom. The number of alkyl halides is 3. The Hall–Kier alpha value is -4.28. The van der Waals surface area contributed by atoms with E-state index in [1.165, 1.54) is 0 Å². The van der Waals surface area contributed by atoms with E-state index in [1.807, 2.05) is 30.3 Å². The molecule has 0 unspecified atom stereocenters. The van der Waals surface area contributed by atoms with Crippen molar-refractivity contribution in [1.29, 1.82) is 0 Å². The van der Waals surface area contributed by atoms with Gasteiger partial charge < -0.3 is 10.6 Å². The summed E-state index contributed by atoms with van der Waals surface area (Å²) >= 11 is 0. The Labute approximate surface area is 179 Å². The van der Waals surface area contributed by atoms with E-state index in [4.69, 9.17) is 0 Å². The van der Waals surface area contributed by atoms with Crippen molar-refractivity contribution in [2.45, 2.75) is 6.18 Å². The molecule has 1 heterocycles. The van der Waals surface area contributed by atoms with Gasteiger partial charge in [0.25, 0.3) is 17.6 Å². The number of fused-ring (bicyclic) bond motifs is 1. The topological polar surface area (TPSA) is 102 Å². The standard InChI is InChI=1S/C21H15F3N6O2/c22-21(23,24)12-25-20(32)18-27-29-30(28-18)15-10-8-14(9-11-15)26-19(31)17-7-3-5-13-4-1-2-6-16(13)17/h1-11H,12H2,(H,25,32)(H,26,31). The first-order valence-electron chi connectivity index (χ1n) is 9.35. The molecule has 0 saturated carbocycles. The lowest BCUT2D eigenvalue weighted by molar-refractivity contribution is -0.123. The van der Waals surface area contributed by atoms with E-state index >= 15 is 0 Å². The van der Waals surface area contributed by atoms with E-state index in [-0.39, 0.29) is 5.91 Å². The second kappa shape index (κ2) is 8.46. The van der Waals surface area contributed by atoms with Gasteiger partial charge in [0.2, 0.25) is 0 Å². The van der Waals surface area contributed by atoms with Crippen molar-refractivity contribution in [3.63, 3.8) is 0 Å². The Morgan fingerprint density at radius 3 is 2.38 bits per heavy atom. The van der Waals surface area contributed by atoms with Crippen molar-refractivity contribution < 1.29 is 22.8 Å². The molecule has 8 nitrogen and oxygen atoms in total. The summed E-state index contributed by atoms with van der Waals surface area (Å²) in [4.78, 5) is 25.4. The maximum absolute atomic E-state index is 12.7. The predicted molar refractivity (Wildman–Crippen MR) is 109 cm³/mol. The smallest absolute Gasteiger partial charge is 0.340 e. The Morgan fingerprint density at radius 2 is 1.62 bits per heavy atom. The second-order valence-electron chi connectivity index (χ2n) is 6.73. The van der Waals surface area contributed by atoms with Crippen molar-refractivity contribution in [2.24, 2.45) is 0 Å². The van der Waals surface area contributed by atoms with Crippen LogP contribution >= 0.6 is 0 Å². The predicted octanol–water partition coefficient (Wildman–Crippen LogP) is 3.36. The summed E-state index contributed by atoms with van der Waals surface area (Å²) in [5.74, 6) is -1.87. The number of amides is 2. The van der Waals surface area contributed by atoms with Crippen molar-refractivity contribution in [2.75, 3.05) is 11.9 Å². The van der Waals surface area contributed by atoms with Gasteiger partial charge >= 0.3 is 6.18 Å². The number of tetrazole rings is 1. The summed E-state index contributed by atoms with van der Waals surface area (Å²) < 4.78 is 36.6. The van der Waals surface area contributed by atoms with Crippen molar-refractivity contribution in [3.8, 4) is 5.69 Å². The summed E-state index contributed by atoms with van der Waals surface area (Å²) in [6.45, 7) is -1.49. The number of nitrogens with one attached hydrogen (secondary N) is 2. The first-order valence-corrected chi connectivity index (χ1v) is 9.35. The van der Waals surface area contributed by atoms with Gasteiger partial charge in [-0.3, -0.25) is 9.59 Å². The average molecular weight is 440 g/mol. The van der Waals surface area contributed by atoms with E-state index in [1.54, 1.807) is 41.7 Å². The molecule has 162 valence electrons. The molecule has 11 heteroatoms. The van der Waals surface area contributed by atoms with Crippen LogP contribution in [0.4, 0.5) is 18.9 Å². The fraction of sp³-hybridized carbons (Fsp3) is 0.0952. The van der Waals surface area contributed by atoms with Gasteiger partial charge in [-0.1, -0.05) is 36.4 Å². The van der Waals surface area contributed by atoms with Crippen LogP contribution < -0.4 is 10.6 Å². The summed E-state index contributed by atoms with van der Waals surface area (Å²) in [6, 6.07) is 19.3. The largest absolute Gasteiger partial charge is 0.405 e. The molecule has 0 aliphatic heterocycles. The number of carbonyl (C=O) groups excluding carboxylic acids is 2. The zero-order valence-electron chi connectivity index (χ0n) is 16.3. The fourth-order valence-corrected chi connectivity index (χ4v) is 2.97. The van der Waals surface area contributed by atoms with Crippen LogP contribution in [0.5, 0.6) is 0 Å². The quantitative estimate of drug-likeness (QED) is 0.496. The number of nitrogens with zero attached hydrogens (tertiary/aromatic N) is 4. The number of hydrogen-bond donors (Lipinski definition) is 2. The monoisotopic (exact) mass is 440 g/mol.